The quantitative estimate of drug-likeness (QED) is 0.611. The zero-order chi connectivity index (χ0) is 14.3. The number of hydrogen-bond donors (Lipinski definition) is 1. The van der Waals surface area contributed by atoms with Crippen molar-refractivity contribution in [1.82, 2.24) is 5.32 Å². The Bertz CT molecular complexity index is 281. The van der Waals surface area contributed by atoms with Gasteiger partial charge < -0.3 is 14.2 Å². The number of carbonyl (C=O) groups is 1. The van der Waals surface area contributed by atoms with Crippen molar-refractivity contribution in [2.75, 3.05) is 26.4 Å². The molecule has 5 nitrogen and oxygen atoms in total. The standard InChI is InChI=1S/C14H27NO4/c1-5-17-9-11(3)19-10-14(4,13(16)18-6-2)15-12-7-8-12/h11-12,15H,5-10H2,1-4H3. The molecular formula is C14H27NO4. The number of ether oxygens (including phenoxy) is 3. The van der Waals surface area contributed by atoms with E-state index < -0.39 is 5.54 Å². The van der Waals surface area contributed by atoms with Crippen molar-refractivity contribution in [3.05, 3.63) is 0 Å². The Morgan fingerprint density at radius 3 is 2.58 bits per heavy atom. The predicted octanol–water partition coefficient (Wildman–Crippen LogP) is 1.50. The van der Waals surface area contributed by atoms with Crippen molar-refractivity contribution in [2.45, 2.75) is 58.2 Å². The molecule has 0 aliphatic heterocycles. The maximum Gasteiger partial charge on any atom is 0.328 e. The second kappa shape index (κ2) is 7.82. The monoisotopic (exact) mass is 273 g/mol. The van der Waals surface area contributed by atoms with Crippen molar-refractivity contribution >= 4 is 5.97 Å². The largest absolute Gasteiger partial charge is 0.465 e. The minimum Gasteiger partial charge on any atom is -0.465 e. The maximum atomic E-state index is 12.1. The molecular weight excluding hydrogens is 246 g/mol. The van der Waals surface area contributed by atoms with Crippen LogP contribution in [0.4, 0.5) is 0 Å². The van der Waals surface area contributed by atoms with Gasteiger partial charge in [-0.1, -0.05) is 0 Å². The van der Waals surface area contributed by atoms with Crippen molar-refractivity contribution in [1.29, 1.82) is 0 Å². The first kappa shape index (κ1) is 16.4. The van der Waals surface area contributed by atoms with Crippen LogP contribution < -0.4 is 5.32 Å². The Morgan fingerprint density at radius 2 is 2.05 bits per heavy atom. The summed E-state index contributed by atoms with van der Waals surface area (Å²) in [5, 5.41) is 3.32. The Hall–Kier alpha value is -0.650. The van der Waals surface area contributed by atoms with Crippen LogP contribution in [0.2, 0.25) is 0 Å². The van der Waals surface area contributed by atoms with Crippen LogP contribution in [-0.2, 0) is 19.0 Å². The molecule has 5 heteroatoms. The van der Waals surface area contributed by atoms with E-state index >= 15 is 0 Å². The highest BCUT2D eigenvalue weighted by molar-refractivity contribution is 5.80. The Kier molecular flexibility index (Phi) is 6.75. The van der Waals surface area contributed by atoms with Gasteiger partial charge in [-0.3, -0.25) is 5.32 Å². The molecule has 19 heavy (non-hydrogen) atoms. The molecule has 0 aromatic rings. The van der Waals surface area contributed by atoms with Gasteiger partial charge in [0.2, 0.25) is 0 Å². The molecule has 1 rings (SSSR count). The summed E-state index contributed by atoms with van der Waals surface area (Å²) in [7, 11) is 0. The molecule has 1 aliphatic rings. The lowest BCUT2D eigenvalue weighted by molar-refractivity contribution is -0.155. The van der Waals surface area contributed by atoms with E-state index in [0.29, 0.717) is 32.5 Å². The van der Waals surface area contributed by atoms with Crippen molar-refractivity contribution in [3.8, 4) is 0 Å². The van der Waals surface area contributed by atoms with Crippen LogP contribution in [0.25, 0.3) is 0 Å². The average molecular weight is 273 g/mol. The third-order valence-electron chi connectivity index (χ3n) is 3.04. The summed E-state index contributed by atoms with van der Waals surface area (Å²) in [6.45, 7) is 9.45. The van der Waals surface area contributed by atoms with Crippen LogP contribution in [0, 0.1) is 0 Å². The fourth-order valence-electron chi connectivity index (χ4n) is 1.77. The van der Waals surface area contributed by atoms with Gasteiger partial charge in [-0.25, -0.2) is 4.79 Å². The SMILES string of the molecule is CCOCC(C)OCC(C)(NC1CC1)C(=O)OCC. The van der Waals surface area contributed by atoms with Gasteiger partial charge >= 0.3 is 5.97 Å². The minimum absolute atomic E-state index is 0.0327. The average Bonchev–Trinajstić information content (AvgIpc) is 3.18. The molecule has 0 aromatic carbocycles. The van der Waals surface area contributed by atoms with Gasteiger partial charge in [-0.15, -0.1) is 0 Å². The van der Waals surface area contributed by atoms with E-state index in [1.165, 1.54) is 0 Å². The van der Waals surface area contributed by atoms with Crippen LogP contribution in [-0.4, -0.2) is 50.1 Å². The number of esters is 1. The summed E-state index contributed by atoms with van der Waals surface area (Å²) >= 11 is 0. The van der Waals surface area contributed by atoms with Gasteiger partial charge in [0.15, 0.2) is 0 Å². The molecule has 0 amide bonds. The lowest BCUT2D eigenvalue weighted by Gasteiger charge is -2.29. The van der Waals surface area contributed by atoms with E-state index in [1.54, 1.807) is 0 Å². The van der Waals surface area contributed by atoms with E-state index in [4.69, 9.17) is 14.2 Å². The zero-order valence-electron chi connectivity index (χ0n) is 12.5. The molecule has 0 saturated heterocycles. The summed E-state index contributed by atoms with van der Waals surface area (Å²) in [6, 6.07) is 0.417. The maximum absolute atomic E-state index is 12.1. The molecule has 1 fully saturated rings. The smallest absolute Gasteiger partial charge is 0.328 e. The second-order valence-electron chi connectivity index (χ2n) is 5.25. The molecule has 0 bridgehead atoms. The fourth-order valence-corrected chi connectivity index (χ4v) is 1.77. The first-order valence-corrected chi connectivity index (χ1v) is 7.16. The van der Waals surface area contributed by atoms with E-state index in [9.17, 15) is 4.79 Å². The first-order valence-electron chi connectivity index (χ1n) is 7.16. The highest BCUT2D eigenvalue weighted by atomic mass is 16.5. The Morgan fingerprint density at radius 1 is 1.37 bits per heavy atom. The fraction of sp³-hybridized carbons (Fsp3) is 0.929. The number of nitrogens with one attached hydrogen (secondary N) is 1. The molecule has 112 valence electrons. The molecule has 0 spiro atoms. The van der Waals surface area contributed by atoms with Crippen molar-refractivity contribution in [2.24, 2.45) is 0 Å². The number of hydrogen-bond acceptors (Lipinski definition) is 5. The minimum atomic E-state index is -0.766. The molecule has 0 aromatic heterocycles. The highest BCUT2D eigenvalue weighted by Gasteiger charge is 2.40. The highest BCUT2D eigenvalue weighted by Crippen LogP contribution is 2.23. The van der Waals surface area contributed by atoms with Gasteiger partial charge in [-0.05, 0) is 40.5 Å². The van der Waals surface area contributed by atoms with Crippen LogP contribution in [0.5, 0.6) is 0 Å². The lowest BCUT2D eigenvalue weighted by atomic mass is 10.0. The van der Waals surface area contributed by atoms with Crippen LogP contribution >= 0.6 is 0 Å². The van der Waals surface area contributed by atoms with Crippen LogP contribution in [0.1, 0.15) is 40.5 Å². The molecule has 0 radical (unpaired) electrons. The van der Waals surface area contributed by atoms with Gasteiger partial charge in [0.05, 0.1) is 25.9 Å². The molecule has 2 atom stereocenters. The van der Waals surface area contributed by atoms with E-state index in [-0.39, 0.29) is 12.1 Å². The molecule has 1 saturated carbocycles. The first-order chi connectivity index (χ1) is 9.01. The van der Waals surface area contributed by atoms with E-state index in [2.05, 4.69) is 5.32 Å². The van der Waals surface area contributed by atoms with Crippen molar-refractivity contribution in [3.63, 3.8) is 0 Å². The zero-order valence-corrected chi connectivity index (χ0v) is 12.5. The Balaban J connectivity index is 2.45. The second-order valence-corrected chi connectivity index (χ2v) is 5.25. The molecule has 0 heterocycles. The number of carbonyl (C=O) groups excluding carboxylic acids is 1. The normalized spacial score (nSPS) is 19.8. The summed E-state index contributed by atoms with van der Waals surface area (Å²) < 4.78 is 16.2. The third-order valence-corrected chi connectivity index (χ3v) is 3.04. The third kappa shape index (κ3) is 5.89. The van der Waals surface area contributed by atoms with Gasteiger partial charge in [0.25, 0.3) is 0 Å². The van der Waals surface area contributed by atoms with E-state index in [0.717, 1.165) is 12.8 Å². The van der Waals surface area contributed by atoms with Crippen LogP contribution in [0.15, 0.2) is 0 Å². The van der Waals surface area contributed by atoms with Crippen molar-refractivity contribution < 1.29 is 19.0 Å². The topological polar surface area (TPSA) is 56.8 Å². The Labute approximate surface area is 116 Å². The summed E-state index contributed by atoms with van der Waals surface area (Å²) in [6.07, 6.45) is 2.20. The van der Waals surface area contributed by atoms with Gasteiger partial charge in [0.1, 0.15) is 5.54 Å². The lowest BCUT2D eigenvalue weighted by Crippen LogP contribution is -2.55. The number of rotatable bonds is 10. The summed E-state index contributed by atoms with van der Waals surface area (Å²) in [5.74, 6) is -0.245. The van der Waals surface area contributed by atoms with Crippen LogP contribution in [0.3, 0.4) is 0 Å². The molecule has 2 unspecified atom stereocenters. The predicted molar refractivity (Wildman–Crippen MR) is 73.1 cm³/mol. The van der Waals surface area contributed by atoms with Gasteiger partial charge in [-0.2, -0.15) is 0 Å². The van der Waals surface area contributed by atoms with Gasteiger partial charge in [0, 0.05) is 12.6 Å². The summed E-state index contributed by atoms with van der Waals surface area (Å²) in [4.78, 5) is 12.1. The van der Waals surface area contributed by atoms with E-state index in [1.807, 2.05) is 27.7 Å². The molecule has 1 N–H and O–H groups in total. The summed E-state index contributed by atoms with van der Waals surface area (Å²) in [5.41, 5.74) is -0.766. The molecule has 1 aliphatic carbocycles.